The van der Waals surface area contributed by atoms with Gasteiger partial charge in [0.05, 0.1) is 6.42 Å². The number of hydrogen-bond donors (Lipinski definition) is 1. The van der Waals surface area contributed by atoms with Gasteiger partial charge < -0.3 is 10.1 Å². The van der Waals surface area contributed by atoms with E-state index in [1.807, 2.05) is 0 Å². The minimum absolute atomic E-state index is 0.0869. The second-order valence-electron chi connectivity index (χ2n) is 3.57. The lowest BCUT2D eigenvalue weighted by Gasteiger charge is -2.07. The van der Waals surface area contributed by atoms with Gasteiger partial charge in [0, 0.05) is 30.3 Å². The summed E-state index contributed by atoms with van der Waals surface area (Å²) in [4.78, 5) is 11.6. The van der Waals surface area contributed by atoms with Crippen molar-refractivity contribution in [3.63, 3.8) is 0 Å². The molecule has 0 aliphatic carbocycles. The Hall–Kier alpha value is -0.770. The minimum atomic E-state index is -0.0869. The van der Waals surface area contributed by atoms with E-state index in [9.17, 15) is 4.79 Å². The maximum absolute atomic E-state index is 11.6. The van der Waals surface area contributed by atoms with E-state index in [0.29, 0.717) is 28.8 Å². The van der Waals surface area contributed by atoms with E-state index in [4.69, 9.17) is 27.9 Å². The van der Waals surface area contributed by atoms with Crippen LogP contribution >= 0.6 is 23.2 Å². The van der Waals surface area contributed by atoms with Crippen LogP contribution in [0.2, 0.25) is 10.0 Å². The Bertz CT molecular complexity index is 363. The van der Waals surface area contributed by atoms with Crippen molar-refractivity contribution >= 4 is 29.1 Å². The monoisotopic (exact) mass is 275 g/mol. The first-order chi connectivity index (χ1) is 8.15. The Morgan fingerprint density at radius 1 is 1.35 bits per heavy atom. The van der Waals surface area contributed by atoms with Crippen LogP contribution < -0.4 is 5.32 Å². The first-order valence-electron chi connectivity index (χ1n) is 5.33. The lowest BCUT2D eigenvalue weighted by atomic mass is 10.1. The molecule has 1 N–H and O–H groups in total. The van der Waals surface area contributed by atoms with Gasteiger partial charge in [0.2, 0.25) is 5.91 Å². The molecule has 5 heteroatoms. The molecule has 0 aromatic heterocycles. The smallest absolute Gasteiger partial charge is 0.224 e. The van der Waals surface area contributed by atoms with Crippen LogP contribution in [-0.2, 0) is 16.0 Å². The van der Waals surface area contributed by atoms with Crippen molar-refractivity contribution in [3.05, 3.63) is 33.8 Å². The summed E-state index contributed by atoms with van der Waals surface area (Å²) in [7, 11) is 1.63. The predicted molar refractivity (Wildman–Crippen MR) is 69.7 cm³/mol. The molecule has 1 rings (SSSR count). The number of benzene rings is 1. The first-order valence-corrected chi connectivity index (χ1v) is 6.09. The van der Waals surface area contributed by atoms with E-state index < -0.39 is 0 Å². The molecule has 94 valence electrons. The fourth-order valence-corrected chi connectivity index (χ4v) is 1.90. The summed E-state index contributed by atoms with van der Waals surface area (Å²) in [5.74, 6) is -0.0869. The van der Waals surface area contributed by atoms with Crippen molar-refractivity contribution in [2.24, 2.45) is 0 Å². The number of carbonyl (C=O) groups excluding carboxylic acids is 1. The van der Waals surface area contributed by atoms with Crippen LogP contribution in [0, 0.1) is 0 Å². The number of methoxy groups -OCH3 is 1. The number of carbonyl (C=O) groups is 1. The molecule has 0 saturated heterocycles. The van der Waals surface area contributed by atoms with Gasteiger partial charge in [-0.2, -0.15) is 0 Å². The Balaban J connectivity index is 2.45. The zero-order valence-corrected chi connectivity index (χ0v) is 11.1. The van der Waals surface area contributed by atoms with E-state index in [1.165, 1.54) is 0 Å². The van der Waals surface area contributed by atoms with Crippen LogP contribution in [-0.4, -0.2) is 26.2 Å². The third-order valence-corrected chi connectivity index (χ3v) is 2.95. The second-order valence-corrected chi connectivity index (χ2v) is 4.39. The van der Waals surface area contributed by atoms with Gasteiger partial charge in [-0.3, -0.25) is 4.79 Å². The largest absolute Gasteiger partial charge is 0.385 e. The average molecular weight is 276 g/mol. The van der Waals surface area contributed by atoms with Crippen molar-refractivity contribution in [2.75, 3.05) is 20.3 Å². The lowest BCUT2D eigenvalue weighted by molar-refractivity contribution is -0.120. The number of nitrogens with one attached hydrogen (secondary N) is 1. The Labute approximate surface area is 111 Å². The summed E-state index contributed by atoms with van der Waals surface area (Å²) in [6, 6.07) is 5.20. The number of amides is 1. The molecular weight excluding hydrogens is 261 g/mol. The molecule has 1 amide bonds. The molecule has 0 aliphatic rings. The molecule has 0 saturated carbocycles. The molecule has 0 unspecified atom stereocenters. The van der Waals surface area contributed by atoms with Crippen molar-refractivity contribution in [2.45, 2.75) is 12.8 Å². The summed E-state index contributed by atoms with van der Waals surface area (Å²) in [5, 5.41) is 3.82. The number of ether oxygens (including phenoxy) is 1. The lowest BCUT2D eigenvalue weighted by Crippen LogP contribution is -2.27. The highest BCUT2D eigenvalue weighted by Gasteiger charge is 2.09. The van der Waals surface area contributed by atoms with Gasteiger partial charge in [0.25, 0.3) is 0 Å². The minimum Gasteiger partial charge on any atom is -0.385 e. The molecule has 0 fully saturated rings. The molecule has 0 heterocycles. The SMILES string of the molecule is COCCCNC(=O)Cc1c(Cl)cccc1Cl. The molecule has 3 nitrogen and oxygen atoms in total. The Kier molecular flexibility index (Phi) is 6.34. The molecule has 0 bridgehead atoms. The van der Waals surface area contributed by atoms with Gasteiger partial charge in [0.15, 0.2) is 0 Å². The number of hydrogen-bond acceptors (Lipinski definition) is 2. The molecular formula is C12H15Cl2NO2. The van der Waals surface area contributed by atoms with Crippen LogP contribution in [0.15, 0.2) is 18.2 Å². The molecule has 1 aromatic carbocycles. The molecule has 17 heavy (non-hydrogen) atoms. The van der Waals surface area contributed by atoms with Crippen LogP contribution in [0.1, 0.15) is 12.0 Å². The average Bonchev–Trinajstić information content (AvgIpc) is 2.30. The molecule has 0 spiro atoms. The standard InChI is InChI=1S/C12H15Cl2NO2/c1-17-7-3-6-15-12(16)8-9-10(13)4-2-5-11(9)14/h2,4-5H,3,6-8H2,1H3,(H,15,16). The van der Waals surface area contributed by atoms with Crippen molar-refractivity contribution in [3.8, 4) is 0 Å². The summed E-state index contributed by atoms with van der Waals surface area (Å²) in [5.41, 5.74) is 0.667. The van der Waals surface area contributed by atoms with E-state index in [-0.39, 0.29) is 12.3 Å². The van der Waals surface area contributed by atoms with E-state index in [2.05, 4.69) is 5.32 Å². The van der Waals surface area contributed by atoms with Gasteiger partial charge in [0.1, 0.15) is 0 Å². The highest BCUT2D eigenvalue weighted by molar-refractivity contribution is 6.36. The fraction of sp³-hybridized carbons (Fsp3) is 0.417. The quantitative estimate of drug-likeness (QED) is 0.811. The number of rotatable bonds is 6. The molecule has 0 radical (unpaired) electrons. The van der Waals surface area contributed by atoms with Gasteiger partial charge in [-0.15, -0.1) is 0 Å². The summed E-state index contributed by atoms with van der Waals surface area (Å²) in [6.07, 6.45) is 0.990. The molecule has 0 aliphatic heterocycles. The van der Waals surface area contributed by atoms with Gasteiger partial charge in [-0.05, 0) is 24.1 Å². The van der Waals surface area contributed by atoms with Gasteiger partial charge in [-0.1, -0.05) is 29.3 Å². The summed E-state index contributed by atoms with van der Waals surface area (Å²) in [6.45, 7) is 1.22. The topological polar surface area (TPSA) is 38.3 Å². The maximum atomic E-state index is 11.6. The highest BCUT2D eigenvalue weighted by atomic mass is 35.5. The third kappa shape index (κ3) is 4.94. The zero-order chi connectivity index (χ0) is 12.7. The van der Waals surface area contributed by atoms with Crippen LogP contribution in [0.25, 0.3) is 0 Å². The van der Waals surface area contributed by atoms with E-state index in [0.717, 1.165) is 6.42 Å². The van der Waals surface area contributed by atoms with E-state index >= 15 is 0 Å². The van der Waals surface area contributed by atoms with Gasteiger partial charge in [-0.25, -0.2) is 0 Å². The normalized spacial score (nSPS) is 10.3. The number of halogens is 2. The van der Waals surface area contributed by atoms with Crippen molar-refractivity contribution in [1.29, 1.82) is 0 Å². The van der Waals surface area contributed by atoms with E-state index in [1.54, 1.807) is 25.3 Å². The predicted octanol–water partition coefficient (Wildman–Crippen LogP) is 2.69. The Morgan fingerprint density at radius 3 is 2.59 bits per heavy atom. The van der Waals surface area contributed by atoms with Crippen molar-refractivity contribution < 1.29 is 9.53 Å². The van der Waals surface area contributed by atoms with Crippen molar-refractivity contribution in [1.82, 2.24) is 5.32 Å². The fourth-order valence-electron chi connectivity index (χ4n) is 1.37. The summed E-state index contributed by atoms with van der Waals surface area (Å²) < 4.78 is 4.89. The first kappa shape index (κ1) is 14.3. The summed E-state index contributed by atoms with van der Waals surface area (Å²) >= 11 is 11.9. The Morgan fingerprint density at radius 2 is 2.00 bits per heavy atom. The molecule has 1 aromatic rings. The highest BCUT2D eigenvalue weighted by Crippen LogP contribution is 2.24. The zero-order valence-electron chi connectivity index (χ0n) is 9.63. The van der Waals surface area contributed by atoms with Gasteiger partial charge >= 0.3 is 0 Å². The van der Waals surface area contributed by atoms with Crippen LogP contribution in [0.3, 0.4) is 0 Å². The second kappa shape index (κ2) is 7.54. The van der Waals surface area contributed by atoms with Crippen LogP contribution in [0.5, 0.6) is 0 Å². The van der Waals surface area contributed by atoms with Crippen LogP contribution in [0.4, 0.5) is 0 Å². The molecule has 0 atom stereocenters. The maximum Gasteiger partial charge on any atom is 0.224 e. The third-order valence-electron chi connectivity index (χ3n) is 2.25.